The summed E-state index contributed by atoms with van der Waals surface area (Å²) < 4.78 is 8.75. The van der Waals surface area contributed by atoms with Crippen molar-refractivity contribution in [1.29, 1.82) is 0 Å². The van der Waals surface area contributed by atoms with Gasteiger partial charge in [-0.05, 0) is 22.9 Å². The highest BCUT2D eigenvalue weighted by atomic mass is 32.2. The fourth-order valence-electron chi connectivity index (χ4n) is 1.54. The molecule has 0 spiro atoms. The molecular weight excluding hydrogens is 268 g/mol. The Kier molecular flexibility index (Phi) is 2.96. The summed E-state index contributed by atoms with van der Waals surface area (Å²) in [7, 11) is 0. The van der Waals surface area contributed by atoms with Gasteiger partial charge in [0.1, 0.15) is 12.1 Å². The van der Waals surface area contributed by atoms with Crippen LogP contribution >= 0.6 is 34.8 Å². The maximum Gasteiger partial charge on any atom is 0.116 e. The van der Waals surface area contributed by atoms with Crippen molar-refractivity contribution in [3.8, 4) is 0 Å². The van der Waals surface area contributed by atoms with Gasteiger partial charge in [0.05, 0.1) is 21.2 Å². The molecule has 0 unspecified atom stereocenters. The van der Waals surface area contributed by atoms with Crippen LogP contribution in [-0.4, -0.2) is 11.4 Å². The highest BCUT2D eigenvalue weighted by molar-refractivity contribution is 7.97. The van der Waals surface area contributed by atoms with E-state index >= 15 is 0 Å². The highest BCUT2D eigenvalue weighted by Crippen LogP contribution is 2.28. The molecule has 1 aliphatic rings. The van der Waals surface area contributed by atoms with Gasteiger partial charge in [-0.3, -0.25) is 0 Å². The predicted molar refractivity (Wildman–Crippen MR) is 78.4 cm³/mol. The summed E-state index contributed by atoms with van der Waals surface area (Å²) in [6.45, 7) is 4.13. The van der Waals surface area contributed by atoms with Crippen molar-refractivity contribution in [3.05, 3.63) is 56.9 Å². The number of nitrogens with zero attached hydrogens (tertiary/aromatic N) is 2. The number of hydrogen-bond donors (Lipinski definition) is 0. The lowest BCUT2D eigenvalue weighted by Gasteiger charge is -2.12. The van der Waals surface area contributed by atoms with Crippen molar-refractivity contribution >= 4 is 46.2 Å². The van der Waals surface area contributed by atoms with Crippen LogP contribution in [0.3, 0.4) is 0 Å². The van der Waals surface area contributed by atoms with E-state index in [4.69, 9.17) is 0 Å². The van der Waals surface area contributed by atoms with Gasteiger partial charge in [0.25, 0.3) is 0 Å². The van der Waals surface area contributed by atoms with E-state index in [1.807, 2.05) is 22.9 Å². The largest absolute Gasteiger partial charge is 0.191 e. The molecule has 0 amide bonds. The summed E-state index contributed by atoms with van der Waals surface area (Å²) in [6, 6.07) is 8.17. The first-order valence-electron chi connectivity index (χ1n) is 4.96. The summed E-state index contributed by atoms with van der Waals surface area (Å²) in [4.78, 5) is 2.29. The van der Waals surface area contributed by atoms with E-state index in [1.165, 1.54) is 12.1 Å². The first-order valence-corrected chi connectivity index (χ1v) is 7.45. The maximum atomic E-state index is 4.37. The molecule has 0 bridgehead atoms. The Morgan fingerprint density at radius 2 is 1.41 bits per heavy atom. The smallest absolute Gasteiger partial charge is 0.116 e. The summed E-state index contributed by atoms with van der Waals surface area (Å²) in [5.74, 6) is 0. The predicted octanol–water partition coefficient (Wildman–Crippen LogP) is 4.22. The molecule has 2 aromatic rings. The number of hydrogen-bond acceptors (Lipinski definition) is 5. The summed E-state index contributed by atoms with van der Waals surface area (Å²) in [6.07, 6.45) is 0. The lowest BCUT2D eigenvalue weighted by molar-refractivity contribution is 1.67. The van der Waals surface area contributed by atoms with E-state index in [0.717, 1.165) is 26.8 Å². The molecule has 0 atom stereocenters. The molecule has 0 radical (unpaired) electrons. The molecule has 0 aromatic carbocycles. The van der Waals surface area contributed by atoms with Crippen molar-refractivity contribution in [2.24, 2.45) is 8.80 Å². The van der Waals surface area contributed by atoms with Gasteiger partial charge in [0.15, 0.2) is 0 Å². The van der Waals surface area contributed by atoms with Gasteiger partial charge in [-0.25, -0.2) is 0 Å². The molecule has 5 heteroatoms. The molecule has 0 N–H and O–H groups in total. The Morgan fingerprint density at radius 3 is 1.82 bits per heavy atom. The third-order valence-electron chi connectivity index (χ3n) is 2.35. The molecule has 1 aliphatic heterocycles. The van der Waals surface area contributed by atoms with Gasteiger partial charge in [0, 0.05) is 5.57 Å². The SMILES string of the molecule is C=C1C(c2cccs2)=NSN=C1c1cccs1. The molecule has 2 nitrogen and oxygen atoms in total. The van der Waals surface area contributed by atoms with E-state index in [9.17, 15) is 0 Å². The van der Waals surface area contributed by atoms with Crippen LogP contribution in [0.25, 0.3) is 0 Å². The van der Waals surface area contributed by atoms with E-state index in [-0.39, 0.29) is 0 Å². The van der Waals surface area contributed by atoms with Gasteiger partial charge in [-0.1, -0.05) is 18.7 Å². The number of rotatable bonds is 2. The number of thiophene rings is 2. The van der Waals surface area contributed by atoms with E-state index in [2.05, 4.69) is 27.5 Å². The quantitative estimate of drug-likeness (QED) is 0.754. The molecule has 84 valence electrons. The van der Waals surface area contributed by atoms with Gasteiger partial charge in [-0.15, -0.1) is 22.7 Å². The Morgan fingerprint density at radius 1 is 0.882 bits per heavy atom. The second kappa shape index (κ2) is 4.60. The molecule has 0 saturated heterocycles. The van der Waals surface area contributed by atoms with Gasteiger partial charge in [0.2, 0.25) is 0 Å². The zero-order valence-corrected chi connectivity index (χ0v) is 11.2. The second-order valence-electron chi connectivity index (χ2n) is 3.39. The fraction of sp³-hybridized carbons (Fsp3) is 0. The third kappa shape index (κ3) is 2.01. The van der Waals surface area contributed by atoms with Crippen LogP contribution in [0.2, 0.25) is 0 Å². The molecule has 3 heterocycles. The van der Waals surface area contributed by atoms with E-state index in [0.29, 0.717) is 0 Å². The lowest BCUT2D eigenvalue weighted by Crippen LogP contribution is -2.14. The maximum absolute atomic E-state index is 4.37. The van der Waals surface area contributed by atoms with Crippen LogP contribution in [0.15, 0.2) is 56.0 Å². The van der Waals surface area contributed by atoms with Crippen LogP contribution in [0, 0.1) is 0 Å². The third-order valence-corrected chi connectivity index (χ3v) is 4.63. The van der Waals surface area contributed by atoms with Crippen molar-refractivity contribution < 1.29 is 0 Å². The average Bonchev–Trinajstić information content (AvgIpc) is 3.02. The van der Waals surface area contributed by atoms with Crippen molar-refractivity contribution in [2.45, 2.75) is 0 Å². The Labute approximate surface area is 112 Å². The minimum absolute atomic E-state index is 0.911. The van der Waals surface area contributed by atoms with Gasteiger partial charge in [-0.2, -0.15) is 8.80 Å². The zero-order valence-electron chi connectivity index (χ0n) is 8.79. The minimum Gasteiger partial charge on any atom is -0.191 e. The Hall–Kier alpha value is -1.17. The molecular formula is C12H8N2S3. The summed E-state index contributed by atoms with van der Waals surface area (Å²) in [5.41, 5.74) is 2.81. The first-order chi connectivity index (χ1) is 8.36. The molecule has 0 aliphatic carbocycles. The second-order valence-corrected chi connectivity index (χ2v) is 5.82. The van der Waals surface area contributed by atoms with Crippen LogP contribution in [0.1, 0.15) is 9.75 Å². The minimum atomic E-state index is 0.911. The zero-order chi connectivity index (χ0) is 11.7. The molecule has 0 fully saturated rings. The summed E-state index contributed by atoms with van der Waals surface area (Å²) in [5, 5.41) is 4.10. The van der Waals surface area contributed by atoms with Crippen LogP contribution in [0.5, 0.6) is 0 Å². The van der Waals surface area contributed by atoms with Crippen LogP contribution in [0.4, 0.5) is 0 Å². The van der Waals surface area contributed by atoms with Gasteiger partial charge < -0.3 is 0 Å². The number of allylic oxidation sites excluding steroid dienone is 1. The van der Waals surface area contributed by atoms with Crippen LogP contribution < -0.4 is 0 Å². The highest BCUT2D eigenvalue weighted by Gasteiger charge is 2.20. The van der Waals surface area contributed by atoms with Crippen LogP contribution in [-0.2, 0) is 0 Å². The van der Waals surface area contributed by atoms with E-state index in [1.54, 1.807) is 22.7 Å². The van der Waals surface area contributed by atoms with Crippen molar-refractivity contribution in [3.63, 3.8) is 0 Å². The molecule has 3 rings (SSSR count). The lowest BCUT2D eigenvalue weighted by atomic mass is 10.0. The Balaban J connectivity index is 1.97. The molecule has 17 heavy (non-hydrogen) atoms. The standard InChI is InChI=1S/C12H8N2S3/c1-8-11(9-4-2-6-15-9)13-17-14-12(8)10-5-3-7-16-10/h2-7H,1H2. The van der Waals surface area contributed by atoms with Crippen molar-refractivity contribution in [2.75, 3.05) is 0 Å². The Bertz CT molecular complexity index is 539. The van der Waals surface area contributed by atoms with E-state index < -0.39 is 0 Å². The summed E-state index contributed by atoms with van der Waals surface area (Å²) >= 11 is 4.59. The topological polar surface area (TPSA) is 24.7 Å². The fourth-order valence-corrected chi connectivity index (χ4v) is 3.76. The normalized spacial score (nSPS) is 15.6. The monoisotopic (exact) mass is 276 g/mol. The van der Waals surface area contributed by atoms with Gasteiger partial charge >= 0.3 is 0 Å². The first kappa shape index (κ1) is 11.0. The molecule has 2 aromatic heterocycles. The molecule has 0 saturated carbocycles. The van der Waals surface area contributed by atoms with Crippen molar-refractivity contribution in [1.82, 2.24) is 0 Å². The average molecular weight is 276 g/mol.